The van der Waals surface area contributed by atoms with Crippen molar-refractivity contribution in [3.8, 4) is 0 Å². The van der Waals surface area contributed by atoms with Crippen LogP contribution in [0.3, 0.4) is 0 Å². The lowest BCUT2D eigenvalue weighted by atomic mass is 9.79. The summed E-state index contributed by atoms with van der Waals surface area (Å²) in [6.07, 6.45) is 1.31. The average molecular weight is 248 g/mol. The summed E-state index contributed by atoms with van der Waals surface area (Å²) in [4.78, 5) is 11.2. The molecule has 5 heteroatoms. The summed E-state index contributed by atoms with van der Waals surface area (Å²) >= 11 is 5.46. The van der Waals surface area contributed by atoms with Crippen molar-refractivity contribution in [3.63, 3.8) is 0 Å². The molecule has 0 aromatic heterocycles. The molecule has 1 amide bonds. The highest BCUT2D eigenvalue weighted by Gasteiger charge is 2.40. The highest BCUT2D eigenvalue weighted by atomic mass is 35.5. The topological polar surface area (TPSA) is 55.4 Å². The fraction of sp³-hybridized carbons (Fsp3) is 0.909. The van der Waals surface area contributed by atoms with E-state index in [0.29, 0.717) is 12.8 Å². The molecule has 1 N–H and O–H groups in total. The number of hydroxylamine groups is 2. The number of alkyl halides is 1. The summed E-state index contributed by atoms with van der Waals surface area (Å²) in [6.45, 7) is 7.61. The van der Waals surface area contributed by atoms with Crippen molar-refractivity contribution >= 4 is 17.5 Å². The maximum Gasteiger partial charge on any atom is 0.235 e. The second kappa shape index (κ2) is 4.51. The van der Waals surface area contributed by atoms with E-state index < -0.39 is 11.1 Å². The van der Waals surface area contributed by atoms with E-state index in [2.05, 4.69) is 5.32 Å². The van der Waals surface area contributed by atoms with Crippen molar-refractivity contribution in [2.24, 2.45) is 0 Å². The van der Waals surface area contributed by atoms with Gasteiger partial charge in [0.1, 0.15) is 5.88 Å². The molecule has 0 aromatic rings. The Balaban J connectivity index is 2.75. The molecule has 1 fully saturated rings. The number of hydrogen-bond acceptors (Lipinski definition) is 3. The third-order valence-electron chi connectivity index (χ3n) is 3.08. The molecule has 0 aromatic carbocycles. The first kappa shape index (κ1) is 13.7. The Morgan fingerprint density at radius 1 is 1.38 bits per heavy atom. The summed E-state index contributed by atoms with van der Waals surface area (Å²) in [6, 6.07) is 0.0291. The quantitative estimate of drug-likeness (QED) is 0.758. The van der Waals surface area contributed by atoms with Crippen LogP contribution >= 0.6 is 11.6 Å². The highest BCUT2D eigenvalue weighted by molar-refractivity contribution is 6.27. The second-order valence-corrected chi connectivity index (χ2v) is 5.99. The van der Waals surface area contributed by atoms with Crippen LogP contribution in [0.4, 0.5) is 0 Å². The van der Waals surface area contributed by atoms with Crippen LogP contribution in [0, 0.1) is 5.21 Å². The smallest absolute Gasteiger partial charge is 0.235 e. The first-order chi connectivity index (χ1) is 7.19. The molecule has 0 bridgehead atoms. The third-order valence-corrected chi connectivity index (χ3v) is 3.32. The predicted octanol–water partition coefficient (Wildman–Crippen LogP) is 1.86. The van der Waals surface area contributed by atoms with E-state index in [9.17, 15) is 10.0 Å². The molecular weight excluding hydrogens is 228 g/mol. The van der Waals surface area contributed by atoms with Crippen LogP contribution in [-0.4, -0.2) is 34.0 Å². The van der Waals surface area contributed by atoms with Gasteiger partial charge in [-0.25, -0.2) is 0 Å². The van der Waals surface area contributed by atoms with Crippen LogP contribution in [0.1, 0.15) is 40.5 Å². The first-order valence-corrected chi connectivity index (χ1v) is 6.05. The second-order valence-electron chi connectivity index (χ2n) is 5.73. The number of halogens is 1. The molecule has 0 atom stereocenters. The number of nitrogens with one attached hydrogen (secondary N) is 1. The highest BCUT2D eigenvalue weighted by Crippen LogP contribution is 2.37. The summed E-state index contributed by atoms with van der Waals surface area (Å²) < 4.78 is 0. The molecule has 1 heterocycles. The van der Waals surface area contributed by atoms with Crippen LogP contribution < -0.4 is 5.32 Å². The van der Waals surface area contributed by atoms with Gasteiger partial charge >= 0.3 is 0 Å². The predicted molar refractivity (Wildman–Crippen MR) is 65.2 cm³/mol. The van der Waals surface area contributed by atoms with Crippen molar-refractivity contribution in [1.82, 2.24) is 10.4 Å². The largest absolute Gasteiger partial charge is 0.784 e. The molecule has 1 rings (SSSR count). The lowest BCUT2D eigenvalue weighted by molar-refractivity contribution is -0.120. The minimum Gasteiger partial charge on any atom is -0.784 e. The Morgan fingerprint density at radius 2 is 1.81 bits per heavy atom. The van der Waals surface area contributed by atoms with Crippen LogP contribution in [0.2, 0.25) is 0 Å². The van der Waals surface area contributed by atoms with E-state index in [1.54, 1.807) is 0 Å². The van der Waals surface area contributed by atoms with Gasteiger partial charge in [-0.15, -0.1) is 11.6 Å². The number of nitrogens with zero attached hydrogens (tertiary/aromatic N) is 1. The summed E-state index contributed by atoms with van der Waals surface area (Å²) in [5.41, 5.74) is -0.905. The van der Waals surface area contributed by atoms with Gasteiger partial charge < -0.3 is 15.6 Å². The van der Waals surface area contributed by atoms with Crippen molar-refractivity contribution in [1.29, 1.82) is 0 Å². The molecule has 1 aliphatic heterocycles. The van der Waals surface area contributed by atoms with Crippen molar-refractivity contribution in [3.05, 3.63) is 5.21 Å². The number of hydrogen-bond donors (Lipinski definition) is 1. The fourth-order valence-corrected chi connectivity index (χ4v) is 2.71. The Morgan fingerprint density at radius 3 is 2.19 bits per heavy atom. The summed E-state index contributed by atoms with van der Waals surface area (Å²) in [5.74, 6) is -0.198. The Hall–Kier alpha value is -0.320. The lowest BCUT2D eigenvalue weighted by Crippen LogP contribution is -2.62. The number of amides is 1. The van der Waals surface area contributed by atoms with Gasteiger partial charge in [-0.1, -0.05) is 0 Å². The minimum atomic E-state index is -0.452. The lowest BCUT2D eigenvalue weighted by Gasteiger charge is -2.60. The molecule has 94 valence electrons. The van der Waals surface area contributed by atoms with E-state index >= 15 is 0 Å². The maximum absolute atomic E-state index is 12.0. The van der Waals surface area contributed by atoms with Gasteiger partial charge in [0.05, 0.1) is 0 Å². The zero-order chi connectivity index (χ0) is 12.6. The fourth-order valence-electron chi connectivity index (χ4n) is 2.63. The van der Waals surface area contributed by atoms with Gasteiger partial charge in [0.2, 0.25) is 5.91 Å². The normalized spacial score (nSPS) is 25.4. The summed E-state index contributed by atoms with van der Waals surface area (Å²) in [7, 11) is 0. The van der Waals surface area contributed by atoms with Crippen molar-refractivity contribution in [2.75, 3.05) is 5.88 Å². The molecule has 1 saturated heterocycles. The Kier molecular flexibility index (Phi) is 3.87. The molecule has 0 radical (unpaired) electrons. The van der Waals surface area contributed by atoms with Crippen LogP contribution in [0.25, 0.3) is 0 Å². The van der Waals surface area contributed by atoms with Gasteiger partial charge in [-0.3, -0.25) is 4.79 Å². The maximum atomic E-state index is 12.0. The first-order valence-electron chi connectivity index (χ1n) is 5.52. The number of carbonyl (C=O) groups excluding carboxylic acids is 1. The number of piperidine rings is 1. The van der Waals surface area contributed by atoms with Gasteiger partial charge in [0, 0.05) is 17.1 Å². The number of rotatable bonds is 2. The van der Waals surface area contributed by atoms with E-state index in [1.165, 1.54) is 0 Å². The van der Waals surface area contributed by atoms with Gasteiger partial charge in [0.25, 0.3) is 0 Å². The van der Waals surface area contributed by atoms with Crippen LogP contribution in [-0.2, 0) is 4.79 Å². The average Bonchev–Trinajstić information content (AvgIpc) is 2.13. The van der Waals surface area contributed by atoms with Crippen molar-refractivity contribution < 1.29 is 4.79 Å². The molecular formula is C11H20ClN2O2-. The van der Waals surface area contributed by atoms with E-state index in [1.807, 2.05) is 27.7 Å². The molecule has 16 heavy (non-hydrogen) atoms. The van der Waals surface area contributed by atoms with Gasteiger partial charge in [-0.2, -0.15) is 0 Å². The van der Waals surface area contributed by atoms with Crippen LogP contribution in [0.5, 0.6) is 0 Å². The Labute approximate surface area is 102 Å². The van der Waals surface area contributed by atoms with Gasteiger partial charge in [-0.05, 0) is 40.5 Å². The summed E-state index contributed by atoms with van der Waals surface area (Å²) in [5, 5.41) is 16.1. The van der Waals surface area contributed by atoms with Crippen LogP contribution in [0.15, 0.2) is 0 Å². The minimum absolute atomic E-state index is 0.0291. The molecule has 0 aliphatic carbocycles. The zero-order valence-corrected chi connectivity index (χ0v) is 11.1. The SMILES string of the molecule is CC1(C)CC(NC(=O)CCl)CC(C)(C)N1[O-]. The molecule has 1 aliphatic rings. The molecule has 4 nitrogen and oxygen atoms in total. The molecule has 0 saturated carbocycles. The zero-order valence-electron chi connectivity index (χ0n) is 10.3. The van der Waals surface area contributed by atoms with E-state index in [-0.39, 0.29) is 17.8 Å². The molecule has 0 spiro atoms. The third kappa shape index (κ3) is 2.87. The Bertz CT molecular complexity index is 261. The van der Waals surface area contributed by atoms with E-state index in [0.717, 1.165) is 5.06 Å². The molecule has 0 unspecified atom stereocenters. The number of carbonyl (C=O) groups is 1. The van der Waals surface area contributed by atoms with Gasteiger partial charge in [0.15, 0.2) is 0 Å². The monoisotopic (exact) mass is 247 g/mol. The van der Waals surface area contributed by atoms with E-state index in [4.69, 9.17) is 11.6 Å². The van der Waals surface area contributed by atoms with Crippen molar-refractivity contribution in [2.45, 2.75) is 57.7 Å². The standard InChI is InChI=1S/C11H20ClN2O2/c1-10(2)5-8(13-9(15)7-12)6-11(3,4)14(10)16/h8H,5-7H2,1-4H3,(H,13,15)/q-1.